The monoisotopic (exact) mass is 279 g/mol. The van der Waals surface area contributed by atoms with Gasteiger partial charge in [-0.25, -0.2) is 0 Å². The Labute approximate surface area is 120 Å². The Morgan fingerprint density at radius 2 is 2.10 bits per heavy atom. The molecule has 2 heterocycles. The first-order valence-electron chi connectivity index (χ1n) is 7.17. The second kappa shape index (κ2) is 5.83. The first-order valence-corrected chi connectivity index (χ1v) is 7.17. The van der Waals surface area contributed by atoms with E-state index in [0.717, 1.165) is 37.4 Å². The quantitative estimate of drug-likeness (QED) is 0.862. The van der Waals surface area contributed by atoms with Gasteiger partial charge in [-0.1, -0.05) is 0 Å². The average Bonchev–Trinajstić information content (AvgIpc) is 2.54. The number of nitrogens with zero attached hydrogens (tertiary/aromatic N) is 4. The average molecular weight is 279 g/mol. The molecule has 0 spiro atoms. The zero-order valence-corrected chi connectivity index (χ0v) is 12.9. The molecule has 0 saturated carbocycles. The van der Waals surface area contributed by atoms with Crippen LogP contribution in [-0.4, -0.2) is 58.2 Å². The summed E-state index contributed by atoms with van der Waals surface area (Å²) >= 11 is 0. The summed E-state index contributed by atoms with van der Waals surface area (Å²) in [6.07, 6.45) is 1.02. The number of nitrogen functional groups attached to an aromatic ring is 1. The van der Waals surface area contributed by atoms with Crippen molar-refractivity contribution in [1.82, 2.24) is 19.6 Å². The summed E-state index contributed by atoms with van der Waals surface area (Å²) in [6.45, 7) is 8.94. The van der Waals surface area contributed by atoms with Crippen LogP contribution in [0.5, 0.6) is 0 Å². The van der Waals surface area contributed by atoms with E-state index in [1.807, 2.05) is 18.7 Å². The number of aryl methyl sites for hydroxylation is 1. The van der Waals surface area contributed by atoms with Gasteiger partial charge in [-0.3, -0.25) is 9.48 Å². The van der Waals surface area contributed by atoms with Crippen molar-refractivity contribution >= 4 is 11.6 Å². The van der Waals surface area contributed by atoms with Crippen molar-refractivity contribution in [1.29, 1.82) is 0 Å². The Kier molecular flexibility index (Phi) is 4.32. The van der Waals surface area contributed by atoms with Crippen LogP contribution in [0.2, 0.25) is 0 Å². The van der Waals surface area contributed by atoms with Gasteiger partial charge >= 0.3 is 0 Å². The van der Waals surface area contributed by atoms with Crippen LogP contribution in [0, 0.1) is 13.8 Å². The molecular formula is C14H25N5O. The van der Waals surface area contributed by atoms with Crippen molar-refractivity contribution in [2.75, 3.05) is 32.4 Å². The highest BCUT2D eigenvalue weighted by Gasteiger charge is 2.24. The molecule has 6 heteroatoms. The van der Waals surface area contributed by atoms with Gasteiger partial charge in [0.05, 0.1) is 17.1 Å². The van der Waals surface area contributed by atoms with Gasteiger partial charge in [-0.05, 0) is 40.8 Å². The molecule has 1 aromatic heterocycles. The minimum absolute atomic E-state index is 0.124. The third-order valence-corrected chi connectivity index (χ3v) is 4.09. The van der Waals surface area contributed by atoms with Gasteiger partial charge in [-0.2, -0.15) is 5.10 Å². The molecule has 1 aromatic rings. The Morgan fingerprint density at radius 1 is 1.40 bits per heavy atom. The first-order chi connectivity index (χ1) is 9.40. The molecular weight excluding hydrogens is 254 g/mol. The minimum Gasteiger partial charge on any atom is -0.396 e. The second-order valence-corrected chi connectivity index (χ2v) is 5.79. The van der Waals surface area contributed by atoms with Crippen LogP contribution in [-0.2, 0) is 11.3 Å². The van der Waals surface area contributed by atoms with Gasteiger partial charge in [-0.15, -0.1) is 0 Å². The third kappa shape index (κ3) is 2.95. The summed E-state index contributed by atoms with van der Waals surface area (Å²) < 4.78 is 1.72. The highest BCUT2D eigenvalue weighted by molar-refractivity contribution is 5.76. The minimum atomic E-state index is 0.124. The van der Waals surface area contributed by atoms with E-state index in [2.05, 4.69) is 24.0 Å². The van der Waals surface area contributed by atoms with Crippen molar-refractivity contribution in [3.8, 4) is 0 Å². The number of likely N-dealkylation sites (N-methyl/N-ethyl adjacent to an activating group) is 1. The molecule has 6 nitrogen and oxygen atoms in total. The summed E-state index contributed by atoms with van der Waals surface area (Å²) in [5, 5.41) is 4.34. The molecule has 0 bridgehead atoms. The number of amides is 1. The van der Waals surface area contributed by atoms with Gasteiger partial charge in [0.25, 0.3) is 0 Å². The van der Waals surface area contributed by atoms with E-state index >= 15 is 0 Å². The van der Waals surface area contributed by atoms with Crippen LogP contribution in [0.4, 0.5) is 5.69 Å². The topological polar surface area (TPSA) is 67.4 Å². The van der Waals surface area contributed by atoms with Crippen LogP contribution >= 0.6 is 0 Å². The number of carbonyl (C=O) groups excluding carboxylic acids is 1. The summed E-state index contributed by atoms with van der Waals surface area (Å²) in [4.78, 5) is 16.8. The lowest BCUT2D eigenvalue weighted by molar-refractivity contribution is -0.133. The molecule has 1 atom stereocenters. The molecule has 20 heavy (non-hydrogen) atoms. The molecule has 0 aliphatic carbocycles. The van der Waals surface area contributed by atoms with Crippen LogP contribution in [0.3, 0.4) is 0 Å². The van der Waals surface area contributed by atoms with Crippen LogP contribution in [0.25, 0.3) is 0 Å². The number of carbonyl (C=O) groups is 1. The van der Waals surface area contributed by atoms with Crippen molar-refractivity contribution in [2.24, 2.45) is 0 Å². The molecule has 2 N–H and O–H groups in total. The predicted molar refractivity (Wildman–Crippen MR) is 79.4 cm³/mol. The Hall–Kier alpha value is -1.56. The number of nitrogens with two attached hydrogens (primary N) is 1. The normalized spacial score (nSPS) is 21.0. The summed E-state index contributed by atoms with van der Waals surface area (Å²) in [6, 6.07) is 0.240. The SMILES string of the molecule is Cc1nn(CC(=O)N2CCCN(C)CC2C)c(C)c1N. The molecule has 1 fully saturated rings. The van der Waals surface area contributed by atoms with E-state index in [-0.39, 0.29) is 18.5 Å². The van der Waals surface area contributed by atoms with E-state index in [9.17, 15) is 4.79 Å². The summed E-state index contributed by atoms with van der Waals surface area (Å²) in [7, 11) is 2.10. The molecule has 1 aliphatic rings. The van der Waals surface area contributed by atoms with Gasteiger partial charge in [0.1, 0.15) is 6.54 Å². The molecule has 1 aliphatic heterocycles. The number of aromatic nitrogens is 2. The Morgan fingerprint density at radius 3 is 2.70 bits per heavy atom. The summed E-state index contributed by atoms with van der Waals surface area (Å²) in [5.41, 5.74) is 8.26. The number of hydrogen-bond donors (Lipinski definition) is 1. The number of hydrogen-bond acceptors (Lipinski definition) is 4. The first kappa shape index (κ1) is 14.8. The van der Waals surface area contributed by atoms with Crippen LogP contribution < -0.4 is 5.73 Å². The zero-order chi connectivity index (χ0) is 14.9. The lowest BCUT2D eigenvalue weighted by Gasteiger charge is -2.28. The molecule has 1 amide bonds. The fraction of sp³-hybridized carbons (Fsp3) is 0.714. The van der Waals surface area contributed by atoms with E-state index in [4.69, 9.17) is 5.73 Å². The van der Waals surface area contributed by atoms with E-state index in [1.165, 1.54) is 0 Å². The number of anilines is 1. The maximum atomic E-state index is 12.5. The largest absolute Gasteiger partial charge is 0.396 e. The number of rotatable bonds is 2. The summed E-state index contributed by atoms with van der Waals surface area (Å²) in [5.74, 6) is 0.124. The fourth-order valence-electron chi connectivity index (χ4n) is 2.83. The van der Waals surface area contributed by atoms with Gasteiger partial charge in [0.15, 0.2) is 0 Å². The van der Waals surface area contributed by atoms with Gasteiger partial charge in [0, 0.05) is 19.1 Å². The highest BCUT2D eigenvalue weighted by Crippen LogP contribution is 2.16. The van der Waals surface area contributed by atoms with Crippen molar-refractivity contribution in [3.63, 3.8) is 0 Å². The van der Waals surface area contributed by atoms with Crippen molar-refractivity contribution in [3.05, 3.63) is 11.4 Å². The molecule has 1 saturated heterocycles. The molecule has 1 unspecified atom stereocenters. The lowest BCUT2D eigenvalue weighted by Crippen LogP contribution is -2.43. The van der Waals surface area contributed by atoms with Crippen LogP contribution in [0.1, 0.15) is 24.7 Å². The standard InChI is InChI=1S/C14H25N5O/c1-10-8-17(4)6-5-7-18(10)13(20)9-19-12(3)14(15)11(2)16-19/h10H,5-9,15H2,1-4H3. The van der Waals surface area contributed by atoms with Gasteiger partial charge < -0.3 is 15.5 Å². The van der Waals surface area contributed by atoms with Gasteiger partial charge in [0.2, 0.25) is 5.91 Å². The van der Waals surface area contributed by atoms with E-state index in [0.29, 0.717) is 5.69 Å². The molecule has 0 aromatic carbocycles. The molecule has 0 radical (unpaired) electrons. The zero-order valence-electron chi connectivity index (χ0n) is 12.9. The predicted octanol–water partition coefficient (Wildman–Crippen LogP) is 0.635. The Bertz CT molecular complexity index is 496. The second-order valence-electron chi connectivity index (χ2n) is 5.79. The fourth-order valence-corrected chi connectivity index (χ4v) is 2.83. The van der Waals surface area contributed by atoms with E-state index in [1.54, 1.807) is 4.68 Å². The highest BCUT2D eigenvalue weighted by atomic mass is 16.2. The maximum Gasteiger partial charge on any atom is 0.244 e. The third-order valence-electron chi connectivity index (χ3n) is 4.09. The van der Waals surface area contributed by atoms with E-state index < -0.39 is 0 Å². The Balaban J connectivity index is 2.09. The van der Waals surface area contributed by atoms with Crippen molar-refractivity contribution < 1.29 is 4.79 Å². The lowest BCUT2D eigenvalue weighted by atomic mass is 10.2. The van der Waals surface area contributed by atoms with Crippen LogP contribution in [0.15, 0.2) is 0 Å². The molecule has 112 valence electrons. The smallest absolute Gasteiger partial charge is 0.244 e. The molecule has 2 rings (SSSR count). The maximum absolute atomic E-state index is 12.5. The van der Waals surface area contributed by atoms with Crippen molar-refractivity contribution in [2.45, 2.75) is 39.8 Å².